The molecule has 2 heterocycles. The van der Waals surface area contributed by atoms with E-state index in [1.807, 2.05) is 36.5 Å². The Morgan fingerprint density at radius 3 is 2.36 bits per heavy atom. The number of piperazine rings is 1. The van der Waals surface area contributed by atoms with Crippen LogP contribution in [0.3, 0.4) is 0 Å². The maximum absolute atomic E-state index is 11.8. The number of pyridine rings is 1. The zero-order valence-corrected chi connectivity index (χ0v) is 14.7. The molecule has 1 aromatic carbocycles. The fourth-order valence-electron chi connectivity index (χ4n) is 3.12. The predicted octanol–water partition coefficient (Wildman–Crippen LogP) is 3.41. The van der Waals surface area contributed by atoms with Gasteiger partial charge in [0.15, 0.2) is 0 Å². The average molecular weight is 357 g/mol. The van der Waals surface area contributed by atoms with E-state index in [0.29, 0.717) is 5.82 Å². The Bertz CT molecular complexity index is 752. The third-order valence-corrected chi connectivity index (χ3v) is 5.00. The van der Waals surface area contributed by atoms with Crippen molar-refractivity contribution < 1.29 is 4.79 Å². The quantitative estimate of drug-likeness (QED) is 0.912. The predicted molar refractivity (Wildman–Crippen MR) is 101 cm³/mol. The maximum Gasteiger partial charge on any atom is 0.228 e. The van der Waals surface area contributed by atoms with E-state index in [1.165, 1.54) is 5.69 Å². The fraction of sp³-hybridized carbons (Fsp3) is 0.368. The second-order valence-electron chi connectivity index (χ2n) is 6.62. The molecule has 25 heavy (non-hydrogen) atoms. The first-order valence-corrected chi connectivity index (χ1v) is 9.09. The summed E-state index contributed by atoms with van der Waals surface area (Å²) in [4.78, 5) is 20.8. The lowest BCUT2D eigenvalue weighted by Crippen LogP contribution is -2.46. The summed E-state index contributed by atoms with van der Waals surface area (Å²) in [5.74, 6) is 0.926. The molecule has 130 valence electrons. The fourth-order valence-corrected chi connectivity index (χ4v) is 3.30. The van der Waals surface area contributed by atoms with Gasteiger partial charge in [-0.25, -0.2) is 4.98 Å². The van der Waals surface area contributed by atoms with E-state index in [2.05, 4.69) is 26.2 Å². The number of hydrogen-bond donors (Lipinski definition) is 1. The van der Waals surface area contributed by atoms with Gasteiger partial charge in [0.1, 0.15) is 5.82 Å². The van der Waals surface area contributed by atoms with Crippen LogP contribution in [0.1, 0.15) is 12.8 Å². The van der Waals surface area contributed by atoms with E-state index < -0.39 is 0 Å². The molecule has 1 N–H and O–H groups in total. The van der Waals surface area contributed by atoms with E-state index >= 15 is 0 Å². The summed E-state index contributed by atoms with van der Waals surface area (Å²) >= 11 is 6.09. The number of amides is 1. The van der Waals surface area contributed by atoms with E-state index in [4.69, 9.17) is 11.6 Å². The molecule has 0 bridgehead atoms. The topological polar surface area (TPSA) is 48.5 Å². The summed E-state index contributed by atoms with van der Waals surface area (Å²) in [5, 5.41) is 3.65. The van der Waals surface area contributed by atoms with Crippen LogP contribution in [0.5, 0.6) is 0 Å². The molecule has 4 rings (SSSR count). The molecule has 1 aromatic heterocycles. The first-order valence-electron chi connectivity index (χ1n) is 8.71. The lowest BCUT2D eigenvalue weighted by atomic mass is 10.2. The molecule has 0 atom stereocenters. The number of nitrogens with one attached hydrogen (secondary N) is 1. The Hall–Kier alpha value is -2.27. The second kappa shape index (κ2) is 6.92. The number of nitrogens with zero attached hydrogens (tertiary/aromatic N) is 3. The van der Waals surface area contributed by atoms with Gasteiger partial charge < -0.3 is 15.1 Å². The molecular formula is C19H21ClN4O. The minimum Gasteiger partial charge on any atom is -0.368 e. The third-order valence-electron chi connectivity index (χ3n) is 4.77. The molecule has 2 fully saturated rings. The van der Waals surface area contributed by atoms with Crippen molar-refractivity contribution in [1.29, 1.82) is 0 Å². The first kappa shape index (κ1) is 16.2. The number of aromatic nitrogens is 1. The van der Waals surface area contributed by atoms with Gasteiger partial charge in [-0.1, -0.05) is 17.7 Å². The number of rotatable bonds is 4. The van der Waals surface area contributed by atoms with E-state index in [-0.39, 0.29) is 11.8 Å². The average Bonchev–Trinajstić information content (AvgIpc) is 3.48. The number of hydrogen-bond acceptors (Lipinski definition) is 4. The summed E-state index contributed by atoms with van der Waals surface area (Å²) in [6.45, 7) is 3.75. The van der Waals surface area contributed by atoms with Crippen molar-refractivity contribution in [3.63, 3.8) is 0 Å². The lowest BCUT2D eigenvalue weighted by Gasteiger charge is -2.37. The van der Waals surface area contributed by atoms with Crippen LogP contribution in [-0.2, 0) is 4.79 Å². The van der Waals surface area contributed by atoms with Crippen molar-refractivity contribution in [2.24, 2.45) is 5.92 Å². The Morgan fingerprint density at radius 1 is 1.04 bits per heavy atom. The largest absolute Gasteiger partial charge is 0.368 e. The summed E-state index contributed by atoms with van der Waals surface area (Å²) in [6.07, 6.45) is 3.85. The van der Waals surface area contributed by atoms with Crippen LogP contribution in [0.2, 0.25) is 5.02 Å². The minimum atomic E-state index is 0.0930. The lowest BCUT2D eigenvalue weighted by molar-refractivity contribution is -0.117. The molecule has 1 saturated heterocycles. The molecule has 2 aliphatic rings. The van der Waals surface area contributed by atoms with Gasteiger partial charge in [-0.15, -0.1) is 0 Å². The highest BCUT2D eigenvalue weighted by Crippen LogP contribution is 2.30. The highest BCUT2D eigenvalue weighted by molar-refractivity contribution is 6.30. The van der Waals surface area contributed by atoms with Crippen LogP contribution >= 0.6 is 11.6 Å². The van der Waals surface area contributed by atoms with Gasteiger partial charge >= 0.3 is 0 Å². The molecule has 0 radical (unpaired) electrons. The normalized spacial score (nSPS) is 17.5. The van der Waals surface area contributed by atoms with Gasteiger partial charge in [0.2, 0.25) is 5.91 Å². The zero-order valence-electron chi connectivity index (χ0n) is 14.0. The summed E-state index contributed by atoms with van der Waals surface area (Å²) in [5.41, 5.74) is 2.26. The smallest absolute Gasteiger partial charge is 0.228 e. The second-order valence-corrected chi connectivity index (χ2v) is 7.06. The monoisotopic (exact) mass is 356 g/mol. The maximum atomic E-state index is 11.8. The molecule has 1 aliphatic heterocycles. The molecule has 1 aliphatic carbocycles. The van der Waals surface area contributed by atoms with Crippen LogP contribution in [-0.4, -0.2) is 37.1 Å². The highest BCUT2D eigenvalue weighted by atomic mass is 35.5. The van der Waals surface area contributed by atoms with Crippen molar-refractivity contribution in [3.05, 3.63) is 47.6 Å². The number of benzene rings is 1. The van der Waals surface area contributed by atoms with E-state index in [1.54, 1.807) is 0 Å². The number of carbonyl (C=O) groups is 1. The minimum absolute atomic E-state index is 0.0930. The highest BCUT2D eigenvalue weighted by Gasteiger charge is 2.29. The molecule has 1 saturated carbocycles. The Morgan fingerprint density at radius 2 is 1.76 bits per heavy atom. The molecule has 1 amide bonds. The SMILES string of the molecule is O=C(Nc1ccc(N2CCN(c3cccc(Cl)c3)CC2)cn1)C1CC1. The molecule has 6 heteroatoms. The van der Waals surface area contributed by atoms with Crippen LogP contribution in [0.15, 0.2) is 42.6 Å². The molecular weight excluding hydrogens is 336 g/mol. The van der Waals surface area contributed by atoms with Crippen LogP contribution in [0.4, 0.5) is 17.2 Å². The summed E-state index contributed by atoms with van der Waals surface area (Å²) in [7, 11) is 0. The van der Waals surface area contributed by atoms with Gasteiger partial charge in [-0.05, 0) is 43.2 Å². The molecule has 2 aromatic rings. The third kappa shape index (κ3) is 3.87. The van der Waals surface area contributed by atoms with Gasteiger partial charge in [-0.2, -0.15) is 0 Å². The van der Waals surface area contributed by atoms with Gasteiger partial charge in [0, 0.05) is 42.8 Å². The Labute approximate surface area is 152 Å². The van der Waals surface area contributed by atoms with E-state index in [9.17, 15) is 4.79 Å². The van der Waals surface area contributed by atoms with Gasteiger partial charge in [-0.3, -0.25) is 4.79 Å². The number of halogens is 1. The number of carbonyl (C=O) groups excluding carboxylic acids is 1. The van der Waals surface area contributed by atoms with Crippen LogP contribution < -0.4 is 15.1 Å². The molecule has 0 unspecified atom stereocenters. The van der Waals surface area contributed by atoms with Crippen molar-refractivity contribution >= 4 is 34.7 Å². The molecule has 5 nitrogen and oxygen atoms in total. The van der Waals surface area contributed by atoms with Crippen molar-refractivity contribution in [2.45, 2.75) is 12.8 Å². The van der Waals surface area contributed by atoms with Crippen molar-refractivity contribution in [3.8, 4) is 0 Å². The Kier molecular flexibility index (Phi) is 4.49. The van der Waals surface area contributed by atoms with Gasteiger partial charge in [0.05, 0.1) is 11.9 Å². The first-order chi connectivity index (χ1) is 12.2. The molecule has 0 spiro atoms. The van der Waals surface area contributed by atoms with Crippen molar-refractivity contribution in [1.82, 2.24) is 4.98 Å². The van der Waals surface area contributed by atoms with Crippen LogP contribution in [0, 0.1) is 5.92 Å². The van der Waals surface area contributed by atoms with Gasteiger partial charge in [0.25, 0.3) is 0 Å². The number of anilines is 3. The van der Waals surface area contributed by atoms with Crippen molar-refractivity contribution in [2.75, 3.05) is 41.3 Å². The standard InChI is InChI=1S/C19H21ClN4O/c20-15-2-1-3-16(12-15)23-8-10-24(11-9-23)17-6-7-18(21-13-17)22-19(25)14-4-5-14/h1-3,6-7,12-14H,4-5,8-11H2,(H,21,22,25). The zero-order chi connectivity index (χ0) is 17.2. The van der Waals surface area contributed by atoms with E-state index in [0.717, 1.165) is 49.7 Å². The summed E-state index contributed by atoms with van der Waals surface area (Å²) in [6, 6.07) is 11.9. The van der Waals surface area contributed by atoms with Crippen LogP contribution in [0.25, 0.3) is 0 Å². The summed E-state index contributed by atoms with van der Waals surface area (Å²) < 4.78 is 0. The Balaban J connectivity index is 1.35.